The second-order valence-corrected chi connectivity index (χ2v) is 3.18. The summed E-state index contributed by atoms with van der Waals surface area (Å²) in [4.78, 5) is 24.0. The van der Waals surface area contributed by atoms with Crippen LogP contribution >= 0.6 is 0 Å². The van der Waals surface area contributed by atoms with Gasteiger partial charge < -0.3 is 14.9 Å². The van der Waals surface area contributed by atoms with Crippen molar-refractivity contribution in [2.24, 2.45) is 0 Å². The van der Waals surface area contributed by atoms with Gasteiger partial charge in [-0.15, -0.1) is 0 Å². The van der Waals surface area contributed by atoms with Crippen LogP contribution in [0.3, 0.4) is 0 Å². The number of hydrogen-bond acceptors (Lipinski definition) is 6. The number of aromatic nitrogens is 1. The number of nitrogens with zero attached hydrogens (tertiary/aromatic N) is 3. The van der Waals surface area contributed by atoms with Gasteiger partial charge in [-0.3, -0.25) is 0 Å². The maximum atomic E-state index is 12.7. The van der Waals surface area contributed by atoms with Crippen molar-refractivity contribution in [2.45, 2.75) is 13.3 Å². The first-order chi connectivity index (χ1) is 8.92. The molecule has 0 unspecified atom stereocenters. The molecule has 0 spiro atoms. The topological polar surface area (TPSA) is 106 Å². The molecule has 0 aliphatic rings. The summed E-state index contributed by atoms with van der Waals surface area (Å²) in [6.45, 7) is 1.39. The predicted molar refractivity (Wildman–Crippen MR) is 56.5 cm³/mol. The zero-order chi connectivity index (χ0) is 14.6. The van der Waals surface area contributed by atoms with E-state index in [1.165, 1.54) is 13.0 Å². The fourth-order valence-corrected chi connectivity index (χ4v) is 1.28. The molecule has 0 bridgehead atoms. The molecule has 0 amide bonds. The van der Waals surface area contributed by atoms with Gasteiger partial charge in [-0.05, 0) is 22.9 Å². The molecule has 1 rings (SSSR count). The highest BCUT2D eigenvalue weighted by Gasteiger charge is 2.31. The van der Waals surface area contributed by atoms with Crippen LogP contribution in [0.2, 0.25) is 0 Å². The lowest BCUT2D eigenvalue weighted by atomic mass is 10.1. The Labute approximate surface area is 105 Å². The molecule has 1 aromatic heterocycles. The number of nitriles is 1. The largest absolute Gasteiger partial charge is 0.462 e. The summed E-state index contributed by atoms with van der Waals surface area (Å²) in [6, 6.07) is 2.11. The molecule has 0 radical (unpaired) electrons. The number of carbonyl (C=O) groups is 1. The molecule has 1 aromatic rings. The van der Waals surface area contributed by atoms with Crippen LogP contribution in [0.5, 0.6) is 0 Å². The second kappa shape index (κ2) is 5.81. The van der Waals surface area contributed by atoms with E-state index in [0.29, 0.717) is 6.07 Å². The average molecular weight is 271 g/mol. The molecule has 100 valence electrons. The van der Waals surface area contributed by atoms with E-state index in [0.717, 1.165) is 0 Å². The van der Waals surface area contributed by atoms with Crippen molar-refractivity contribution in [3.05, 3.63) is 33.0 Å². The minimum absolute atomic E-state index is 0.0691. The maximum Gasteiger partial charge on any atom is 0.381 e. The van der Waals surface area contributed by atoms with Crippen LogP contribution in [0.15, 0.2) is 6.07 Å². The van der Waals surface area contributed by atoms with E-state index in [1.807, 2.05) is 0 Å². The van der Waals surface area contributed by atoms with Gasteiger partial charge in [0.05, 0.1) is 6.61 Å². The average Bonchev–Trinajstić information content (AvgIpc) is 2.36. The van der Waals surface area contributed by atoms with Gasteiger partial charge >= 0.3 is 18.2 Å². The molecule has 0 saturated carbocycles. The lowest BCUT2D eigenvalue weighted by molar-refractivity contribution is -0.390. The molecule has 1 heterocycles. The monoisotopic (exact) mass is 271 g/mol. The molecule has 0 aliphatic carbocycles. The number of rotatable bonds is 4. The summed E-state index contributed by atoms with van der Waals surface area (Å²) in [7, 11) is 0. The second-order valence-electron chi connectivity index (χ2n) is 3.18. The summed E-state index contributed by atoms with van der Waals surface area (Å²) in [5, 5.41) is 19.3. The summed E-state index contributed by atoms with van der Waals surface area (Å²) >= 11 is 0. The first kappa shape index (κ1) is 14.4. The Morgan fingerprint density at radius 2 is 2.32 bits per heavy atom. The van der Waals surface area contributed by atoms with E-state index in [9.17, 15) is 23.7 Å². The molecule has 0 saturated heterocycles. The zero-order valence-electron chi connectivity index (χ0n) is 9.59. The number of nitro groups is 1. The molecular formula is C10H7F2N3O4. The predicted octanol–water partition coefficient (Wildman–Crippen LogP) is 1.98. The Hall–Kier alpha value is -2.63. The van der Waals surface area contributed by atoms with Gasteiger partial charge in [0.15, 0.2) is 5.56 Å². The summed E-state index contributed by atoms with van der Waals surface area (Å²) < 4.78 is 30.0. The van der Waals surface area contributed by atoms with Crippen LogP contribution in [0.4, 0.5) is 14.6 Å². The fourth-order valence-electron chi connectivity index (χ4n) is 1.28. The standard InChI is InChI=1S/C10H7F2N3O4/c1-2-19-10(16)6-3-5(4-13)9(15(17)18)14-7(6)8(11)12/h3,8H,2H2,1H3. The number of pyridine rings is 1. The van der Waals surface area contributed by atoms with Crippen LogP contribution < -0.4 is 0 Å². The number of alkyl halides is 2. The third kappa shape index (κ3) is 2.98. The Bertz CT molecular complexity index is 569. The number of carbonyl (C=O) groups excluding carboxylic acids is 1. The Morgan fingerprint density at radius 1 is 1.68 bits per heavy atom. The van der Waals surface area contributed by atoms with Crippen LogP contribution in [0.25, 0.3) is 0 Å². The van der Waals surface area contributed by atoms with Crippen molar-refractivity contribution >= 4 is 11.8 Å². The number of esters is 1. The minimum atomic E-state index is -3.20. The molecule has 19 heavy (non-hydrogen) atoms. The van der Waals surface area contributed by atoms with Gasteiger partial charge in [-0.25, -0.2) is 13.6 Å². The van der Waals surface area contributed by atoms with Crippen molar-refractivity contribution in [3.8, 4) is 6.07 Å². The van der Waals surface area contributed by atoms with Gasteiger partial charge in [-0.1, -0.05) is 0 Å². The van der Waals surface area contributed by atoms with E-state index in [-0.39, 0.29) is 6.61 Å². The van der Waals surface area contributed by atoms with Crippen LogP contribution in [-0.4, -0.2) is 22.5 Å². The van der Waals surface area contributed by atoms with Crippen LogP contribution in [0.1, 0.15) is 35.0 Å². The van der Waals surface area contributed by atoms with Gasteiger partial charge in [0.2, 0.25) is 5.69 Å². The molecule has 7 nitrogen and oxygen atoms in total. The van der Waals surface area contributed by atoms with E-state index in [4.69, 9.17) is 5.26 Å². The Kier molecular flexibility index (Phi) is 4.41. The van der Waals surface area contributed by atoms with Crippen molar-refractivity contribution in [3.63, 3.8) is 0 Å². The zero-order valence-corrected chi connectivity index (χ0v) is 9.59. The van der Waals surface area contributed by atoms with E-state index in [1.54, 1.807) is 0 Å². The molecule has 0 N–H and O–H groups in total. The highest BCUT2D eigenvalue weighted by atomic mass is 19.3. The molecule has 0 aromatic carbocycles. The van der Waals surface area contributed by atoms with E-state index >= 15 is 0 Å². The third-order valence-electron chi connectivity index (χ3n) is 2.03. The van der Waals surface area contributed by atoms with Crippen molar-refractivity contribution in [1.29, 1.82) is 5.26 Å². The number of ether oxygens (including phenoxy) is 1. The van der Waals surface area contributed by atoms with Gasteiger partial charge in [0.1, 0.15) is 11.6 Å². The van der Waals surface area contributed by atoms with Crippen LogP contribution in [0, 0.1) is 21.4 Å². The number of halogens is 2. The molecule has 0 atom stereocenters. The molecular weight excluding hydrogens is 264 g/mol. The SMILES string of the molecule is CCOC(=O)c1cc(C#N)c([N+](=O)[O-])nc1C(F)F. The third-order valence-corrected chi connectivity index (χ3v) is 2.03. The van der Waals surface area contributed by atoms with Crippen molar-refractivity contribution < 1.29 is 23.2 Å². The summed E-state index contributed by atoms with van der Waals surface area (Å²) in [6.07, 6.45) is -3.20. The van der Waals surface area contributed by atoms with Gasteiger partial charge in [0.25, 0.3) is 0 Å². The first-order valence-corrected chi connectivity index (χ1v) is 4.97. The summed E-state index contributed by atoms with van der Waals surface area (Å²) in [5.41, 5.74) is -2.32. The normalized spacial score (nSPS) is 10.1. The Balaban J connectivity index is 3.50. The minimum Gasteiger partial charge on any atom is -0.462 e. The molecule has 0 aliphatic heterocycles. The smallest absolute Gasteiger partial charge is 0.381 e. The fraction of sp³-hybridized carbons (Fsp3) is 0.300. The number of hydrogen-bond donors (Lipinski definition) is 0. The highest BCUT2D eigenvalue weighted by molar-refractivity contribution is 5.91. The van der Waals surface area contributed by atoms with Crippen molar-refractivity contribution in [2.75, 3.05) is 6.61 Å². The summed E-state index contributed by atoms with van der Waals surface area (Å²) in [5.74, 6) is -2.14. The molecule has 9 heteroatoms. The Morgan fingerprint density at radius 3 is 2.74 bits per heavy atom. The van der Waals surface area contributed by atoms with Crippen molar-refractivity contribution in [1.82, 2.24) is 4.98 Å². The van der Waals surface area contributed by atoms with Gasteiger partial charge in [0, 0.05) is 0 Å². The van der Waals surface area contributed by atoms with Crippen LogP contribution in [-0.2, 0) is 4.74 Å². The maximum absolute atomic E-state index is 12.7. The lowest BCUT2D eigenvalue weighted by Gasteiger charge is -2.05. The molecule has 0 fully saturated rings. The lowest BCUT2D eigenvalue weighted by Crippen LogP contribution is -2.12. The first-order valence-electron chi connectivity index (χ1n) is 4.97. The van der Waals surface area contributed by atoms with E-state index < -0.39 is 40.0 Å². The quantitative estimate of drug-likeness (QED) is 0.470. The van der Waals surface area contributed by atoms with E-state index in [2.05, 4.69) is 9.72 Å². The van der Waals surface area contributed by atoms with Gasteiger partial charge in [-0.2, -0.15) is 5.26 Å². The highest BCUT2D eigenvalue weighted by Crippen LogP contribution is 2.27.